The molecule has 33 heavy (non-hydrogen) atoms. The molecule has 0 spiro atoms. The van der Waals surface area contributed by atoms with Crippen LogP contribution in [0.2, 0.25) is 0 Å². The fraction of sp³-hybridized carbons (Fsp3) is 0.333. The molecule has 0 bridgehead atoms. The van der Waals surface area contributed by atoms with Crippen LogP contribution in [0.3, 0.4) is 0 Å². The number of halogens is 3. The standard InChI is InChI=1S/C24H23F3N4O2/c1-16-6-8-19(22-28-10-4-11-29-22)20(13-16)23(32)31-12-3-2-5-18(31)15-33-21-9-7-17(14-30-21)24(25,26)27/h4,6-11,13-14,18H,2-3,5,12,15H2,1H3. The van der Waals surface area contributed by atoms with Gasteiger partial charge in [-0.15, -0.1) is 0 Å². The minimum Gasteiger partial charge on any atom is -0.475 e. The predicted molar refractivity (Wildman–Crippen MR) is 116 cm³/mol. The summed E-state index contributed by atoms with van der Waals surface area (Å²) in [5.41, 5.74) is 1.28. The number of piperidine rings is 1. The number of alkyl halides is 3. The van der Waals surface area contributed by atoms with Crippen LogP contribution in [0.15, 0.2) is 55.0 Å². The summed E-state index contributed by atoms with van der Waals surface area (Å²) in [4.78, 5) is 27.7. The summed E-state index contributed by atoms with van der Waals surface area (Å²) in [6.45, 7) is 2.63. The molecule has 3 heterocycles. The maximum Gasteiger partial charge on any atom is 0.417 e. The predicted octanol–water partition coefficient (Wildman–Crippen LogP) is 4.94. The van der Waals surface area contributed by atoms with Crippen LogP contribution in [0.1, 0.15) is 40.7 Å². The molecule has 9 heteroatoms. The molecule has 1 saturated heterocycles. The maximum absolute atomic E-state index is 13.6. The molecule has 4 rings (SSSR count). The summed E-state index contributed by atoms with van der Waals surface area (Å²) < 4.78 is 43.9. The van der Waals surface area contributed by atoms with Gasteiger partial charge in [0.15, 0.2) is 5.82 Å². The van der Waals surface area contributed by atoms with E-state index >= 15 is 0 Å². The van der Waals surface area contributed by atoms with Crippen molar-refractivity contribution >= 4 is 5.91 Å². The molecule has 1 aromatic carbocycles. The van der Waals surface area contributed by atoms with Gasteiger partial charge in [-0.25, -0.2) is 15.0 Å². The van der Waals surface area contributed by atoms with Crippen molar-refractivity contribution in [2.24, 2.45) is 0 Å². The van der Waals surface area contributed by atoms with E-state index in [9.17, 15) is 18.0 Å². The van der Waals surface area contributed by atoms with Gasteiger partial charge in [-0.05, 0) is 44.4 Å². The van der Waals surface area contributed by atoms with Crippen molar-refractivity contribution in [3.05, 3.63) is 71.7 Å². The van der Waals surface area contributed by atoms with Crippen LogP contribution in [-0.2, 0) is 6.18 Å². The number of aryl methyl sites for hydroxylation is 1. The van der Waals surface area contributed by atoms with Crippen LogP contribution in [0, 0.1) is 6.92 Å². The molecule has 1 fully saturated rings. The van der Waals surface area contributed by atoms with Crippen molar-refractivity contribution in [1.82, 2.24) is 19.9 Å². The number of benzene rings is 1. The zero-order valence-corrected chi connectivity index (χ0v) is 18.0. The molecule has 1 atom stereocenters. The van der Waals surface area contributed by atoms with Gasteiger partial charge in [0.05, 0.1) is 17.2 Å². The summed E-state index contributed by atoms with van der Waals surface area (Å²) in [5.74, 6) is 0.421. The Kier molecular flexibility index (Phi) is 6.57. The van der Waals surface area contributed by atoms with Gasteiger partial charge in [-0.3, -0.25) is 4.79 Å². The van der Waals surface area contributed by atoms with Gasteiger partial charge in [0.2, 0.25) is 5.88 Å². The van der Waals surface area contributed by atoms with Crippen molar-refractivity contribution in [2.45, 2.75) is 38.4 Å². The first-order valence-corrected chi connectivity index (χ1v) is 10.7. The number of nitrogens with zero attached hydrogens (tertiary/aromatic N) is 4. The fourth-order valence-electron chi connectivity index (χ4n) is 3.88. The first-order valence-electron chi connectivity index (χ1n) is 10.7. The van der Waals surface area contributed by atoms with Gasteiger partial charge < -0.3 is 9.64 Å². The second-order valence-corrected chi connectivity index (χ2v) is 7.96. The summed E-state index contributed by atoms with van der Waals surface area (Å²) in [5, 5.41) is 0. The number of hydrogen-bond donors (Lipinski definition) is 0. The molecule has 0 N–H and O–H groups in total. The molecule has 1 unspecified atom stereocenters. The van der Waals surface area contributed by atoms with E-state index in [-0.39, 0.29) is 24.4 Å². The van der Waals surface area contributed by atoms with Crippen molar-refractivity contribution in [3.8, 4) is 17.3 Å². The number of pyridine rings is 1. The Morgan fingerprint density at radius 2 is 1.91 bits per heavy atom. The minimum atomic E-state index is -4.45. The van der Waals surface area contributed by atoms with Gasteiger partial charge in [0.25, 0.3) is 5.91 Å². The molecule has 3 aromatic rings. The average molecular weight is 456 g/mol. The van der Waals surface area contributed by atoms with E-state index in [1.54, 1.807) is 23.4 Å². The van der Waals surface area contributed by atoms with E-state index in [0.29, 0.717) is 23.5 Å². The normalized spacial score (nSPS) is 16.5. The fourth-order valence-corrected chi connectivity index (χ4v) is 3.88. The topological polar surface area (TPSA) is 68.2 Å². The second kappa shape index (κ2) is 9.56. The van der Waals surface area contributed by atoms with Gasteiger partial charge >= 0.3 is 6.18 Å². The van der Waals surface area contributed by atoms with E-state index in [2.05, 4.69) is 15.0 Å². The van der Waals surface area contributed by atoms with E-state index in [1.807, 2.05) is 25.1 Å². The lowest BCUT2D eigenvalue weighted by atomic mass is 9.98. The molecular formula is C24H23F3N4O2. The second-order valence-electron chi connectivity index (χ2n) is 7.96. The Hall–Kier alpha value is -3.49. The Bertz CT molecular complexity index is 1100. The maximum atomic E-state index is 13.6. The van der Waals surface area contributed by atoms with E-state index in [0.717, 1.165) is 37.1 Å². The smallest absolute Gasteiger partial charge is 0.417 e. The molecule has 1 aliphatic heterocycles. The first kappa shape index (κ1) is 22.7. The first-order chi connectivity index (χ1) is 15.8. The highest BCUT2D eigenvalue weighted by Crippen LogP contribution is 2.30. The number of carbonyl (C=O) groups is 1. The summed E-state index contributed by atoms with van der Waals surface area (Å²) in [7, 11) is 0. The molecule has 0 aliphatic carbocycles. The summed E-state index contributed by atoms with van der Waals surface area (Å²) in [6.07, 6.45) is 2.08. The average Bonchev–Trinajstić information content (AvgIpc) is 2.82. The number of carbonyl (C=O) groups excluding carboxylic acids is 1. The van der Waals surface area contributed by atoms with Crippen LogP contribution >= 0.6 is 0 Å². The van der Waals surface area contributed by atoms with Crippen molar-refractivity contribution < 1.29 is 22.7 Å². The Balaban J connectivity index is 1.53. The third-order valence-electron chi connectivity index (χ3n) is 5.59. The van der Waals surface area contributed by atoms with E-state index in [1.165, 1.54) is 6.07 Å². The Morgan fingerprint density at radius 1 is 1.12 bits per heavy atom. The van der Waals surface area contributed by atoms with E-state index < -0.39 is 11.7 Å². The third kappa shape index (κ3) is 5.30. The molecule has 0 radical (unpaired) electrons. The Labute approximate surface area is 189 Å². The number of likely N-dealkylation sites (tertiary alicyclic amines) is 1. The molecular weight excluding hydrogens is 433 g/mol. The monoisotopic (exact) mass is 456 g/mol. The number of hydrogen-bond acceptors (Lipinski definition) is 5. The largest absolute Gasteiger partial charge is 0.475 e. The number of ether oxygens (including phenoxy) is 1. The molecule has 172 valence electrons. The highest BCUT2D eigenvalue weighted by atomic mass is 19.4. The van der Waals surface area contributed by atoms with Crippen molar-refractivity contribution in [1.29, 1.82) is 0 Å². The minimum absolute atomic E-state index is 0.0925. The van der Waals surface area contributed by atoms with Gasteiger partial charge in [0.1, 0.15) is 6.61 Å². The molecule has 1 aliphatic rings. The third-order valence-corrected chi connectivity index (χ3v) is 5.59. The van der Waals surface area contributed by atoms with Crippen LogP contribution in [-0.4, -0.2) is 45.0 Å². The summed E-state index contributed by atoms with van der Waals surface area (Å²) >= 11 is 0. The van der Waals surface area contributed by atoms with Gasteiger partial charge in [-0.2, -0.15) is 13.2 Å². The van der Waals surface area contributed by atoms with E-state index in [4.69, 9.17) is 4.74 Å². The highest BCUT2D eigenvalue weighted by molar-refractivity contribution is 6.00. The number of rotatable bonds is 5. The molecule has 0 saturated carbocycles. The van der Waals surface area contributed by atoms with Crippen molar-refractivity contribution in [2.75, 3.05) is 13.2 Å². The number of aromatic nitrogens is 3. The zero-order valence-electron chi connectivity index (χ0n) is 18.0. The lowest BCUT2D eigenvalue weighted by Gasteiger charge is -2.36. The van der Waals surface area contributed by atoms with Crippen LogP contribution < -0.4 is 4.74 Å². The number of amides is 1. The van der Waals surface area contributed by atoms with Gasteiger partial charge in [0, 0.05) is 36.8 Å². The molecule has 6 nitrogen and oxygen atoms in total. The van der Waals surface area contributed by atoms with Gasteiger partial charge in [-0.1, -0.05) is 17.7 Å². The lowest BCUT2D eigenvalue weighted by molar-refractivity contribution is -0.137. The molecule has 1 amide bonds. The zero-order chi connectivity index (χ0) is 23.4. The highest BCUT2D eigenvalue weighted by Gasteiger charge is 2.32. The lowest BCUT2D eigenvalue weighted by Crippen LogP contribution is -2.47. The quantitative estimate of drug-likeness (QED) is 0.544. The van der Waals surface area contributed by atoms with Crippen LogP contribution in [0.25, 0.3) is 11.4 Å². The van der Waals surface area contributed by atoms with Crippen LogP contribution in [0.4, 0.5) is 13.2 Å². The summed E-state index contributed by atoms with van der Waals surface area (Å²) in [6, 6.07) is 9.22. The van der Waals surface area contributed by atoms with Crippen molar-refractivity contribution in [3.63, 3.8) is 0 Å². The SMILES string of the molecule is Cc1ccc(-c2ncccn2)c(C(=O)N2CCCCC2COc2ccc(C(F)(F)F)cn2)c1. The van der Waals surface area contributed by atoms with Crippen LogP contribution in [0.5, 0.6) is 5.88 Å². The molecule has 2 aromatic heterocycles. The Morgan fingerprint density at radius 3 is 2.61 bits per heavy atom.